The summed E-state index contributed by atoms with van der Waals surface area (Å²) in [5.74, 6) is -1.13. The molecule has 4 aromatic rings. The number of ether oxygens (including phenoxy) is 2. The van der Waals surface area contributed by atoms with Crippen molar-refractivity contribution < 1.29 is 23.9 Å². The van der Waals surface area contributed by atoms with E-state index in [1.807, 2.05) is 60.7 Å². The minimum atomic E-state index is -0.572. The van der Waals surface area contributed by atoms with Gasteiger partial charge in [-0.1, -0.05) is 60.7 Å². The molecule has 34 heavy (non-hydrogen) atoms. The van der Waals surface area contributed by atoms with E-state index in [2.05, 4.69) is 0 Å². The van der Waals surface area contributed by atoms with Gasteiger partial charge in [0.15, 0.2) is 5.78 Å². The van der Waals surface area contributed by atoms with Gasteiger partial charge in [0.05, 0.1) is 0 Å². The van der Waals surface area contributed by atoms with Crippen molar-refractivity contribution >= 4 is 17.7 Å². The van der Waals surface area contributed by atoms with Crippen molar-refractivity contribution in [2.75, 3.05) is 0 Å². The number of carbonyl (C=O) groups excluding carboxylic acids is 3. The van der Waals surface area contributed by atoms with Gasteiger partial charge >= 0.3 is 11.9 Å². The fourth-order valence-corrected chi connectivity index (χ4v) is 4.69. The van der Waals surface area contributed by atoms with Crippen LogP contribution in [-0.4, -0.2) is 17.7 Å². The second-order valence-electron chi connectivity index (χ2n) is 8.36. The summed E-state index contributed by atoms with van der Waals surface area (Å²) in [6.07, 6.45) is 0. The lowest BCUT2D eigenvalue weighted by molar-refractivity contribution is -0.134. The molecule has 0 aliphatic carbocycles. The highest BCUT2D eigenvalue weighted by molar-refractivity contribution is 6.10. The maximum atomic E-state index is 13.4. The second kappa shape index (κ2) is 7.81. The summed E-state index contributed by atoms with van der Waals surface area (Å²) in [5, 5.41) is 0. The number of benzene rings is 4. The molecule has 2 aliphatic heterocycles. The van der Waals surface area contributed by atoms with Crippen LogP contribution in [0.2, 0.25) is 0 Å². The number of rotatable bonds is 4. The van der Waals surface area contributed by atoms with E-state index >= 15 is 0 Å². The van der Waals surface area contributed by atoms with E-state index in [1.54, 1.807) is 36.4 Å². The molecule has 0 bridgehead atoms. The first-order chi connectivity index (χ1) is 16.6. The van der Waals surface area contributed by atoms with Crippen LogP contribution in [0.1, 0.15) is 50.0 Å². The molecule has 2 atom stereocenters. The van der Waals surface area contributed by atoms with Crippen LogP contribution in [0, 0.1) is 0 Å². The summed E-state index contributed by atoms with van der Waals surface area (Å²) in [6.45, 7) is 0. The third-order valence-corrected chi connectivity index (χ3v) is 6.32. The summed E-state index contributed by atoms with van der Waals surface area (Å²) in [6, 6.07) is 28.8. The van der Waals surface area contributed by atoms with Crippen LogP contribution in [0.3, 0.4) is 0 Å². The highest BCUT2D eigenvalue weighted by Gasteiger charge is 2.36. The SMILES string of the molecule is O=C(c1ccc2c(c1)C(c1ccccc1)C(=O)O2)c1ccc2c(c1)C(c1ccccc1)C(=O)O2. The van der Waals surface area contributed by atoms with Gasteiger partial charge in [0.25, 0.3) is 0 Å². The monoisotopic (exact) mass is 446 g/mol. The van der Waals surface area contributed by atoms with Gasteiger partial charge in [0, 0.05) is 22.3 Å². The zero-order valence-electron chi connectivity index (χ0n) is 17.9. The Hall–Kier alpha value is -4.51. The van der Waals surface area contributed by atoms with Crippen molar-refractivity contribution in [1.29, 1.82) is 0 Å². The Morgan fingerprint density at radius 2 is 0.971 bits per heavy atom. The van der Waals surface area contributed by atoms with Crippen molar-refractivity contribution in [1.82, 2.24) is 0 Å². The van der Waals surface area contributed by atoms with Gasteiger partial charge in [-0.05, 0) is 47.5 Å². The Labute approximate surface area is 195 Å². The Morgan fingerprint density at radius 3 is 1.38 bits per heavy atom. The van der Waals surface area contributed by atoms with Crippen molar-refractivity contribution in [2.45, 2.75) is 11.8 Å². The van der Waals surface area contributed by atoms with Crippen LogP contribution >= 0.6 is 0 Å². The Bertz CT molecular complexity index is 1350. The van der Waals surface area contributed by atoms with Gasteiger partial charge in [-0.15, -0.1) is 0 Å². The molecule has 4 aromatic carbocycles. The molecule has 5 nitrogen and oxygen atoms in total. The minimum Gasteiger partial charge on any atom is -0.425 e. The minimum absolute atomic E-state index is 0.206. The van der Waals surface area contributed by atoms with Crippen LogP contribution in [-0.2, 0) is 9.59 Å². The van der Waals surface area contributed by atoms with E-state index in [4.69, 9.17) is 9.47 Å². The molecule has 0 saturated carbocycles. The second-order valence-corrected chi connectivity index (χ2v) is 8.36. The van der Waals surface area contributed by atoms with Crippen LogP contribution in [0.15, 0.2) is 97.1 Å². The fourth-order valence-electron chi connectivity index (χ4n) is 4.69. The Kier molecular flexibility index (Phi) is 4.62. The Balaban J connectivity index is 1.37. The standard InChI is InChI=1S/C29H18O5/c30-27(19-11-13-23-21(15-19)25(28(31)33-23)17-7-3-1-4-8-17)20-12-14-24-22(16-20)26(29(32)34-24)18-9-5-2-6-10-18/h1-16,25-26H. The smallest absolute Gasteiger partial charge is 0.323 e. The molecule has 0 saturated heterocycles. The average molecular weight is 446 g/mol. The summed E-state index contributed by atoms with van der Waals surface area (Å²) in [4.78, 5) is 38.6. The molecule has 2 aliphatic rings. The normalized spacial score (nSPS) is 18.1. The predicted octanol–water partition coefficient (Wildman–Crippen LogP) is 5.02. The highest BCUT2D eigenvalue weighted by Crippen LogP contribution is 2.41. The van der Waals surface area contributed by atoms with E-state index in [9.17, 15) is 14.4 Å². The lowest BCUT2D eigenvalue weighted by Crippen LogP contribution is -2.12. The van der Waals surface area contributed by atoms with Gasteiger partial charge in [-0.3, -0.25) is 14.4 Å². The first-order valence-electron chi connectivity index (χ1n) is 11.0. The molecule has 0 radical (unpaired) electrons. The molecule has 0 N–H and O–H groups in total. The summed E-state index contributed by atoms with van der Waals surface area (Å²) in [7, 11) is 0. The number of esters is 2. The number of fused-ring (bicyclic) bond motifs is 2. The van der Waals surface area contributed by atoms with E-state index in [-0.39, 0.29) is 17.7 Å². The van der Waals surface area contributed by atoms with Gasteiger partial charge in [-0.2, -0.15) is 0 Å². The van der Waals surface area contributed by atoms with Gasteiger partial charge < -0.3 is 9.47 Å². The zero-order chi connectivity index (χ0) is 23.2. The quantitative estimate of drug-likeness (QED) is 0.250. The number of carbonyl (C=O) groups is 3. The predicted molar refractivity (Wildman–Crippen MR) is 124 cm³/mol. The molecule has 0 amide bonds. The largest absolute Gasteiger partial charge is 0.425 e. The van der Waals surface area contributed by atoms with Crippen molar-refractivity contribution in [3.05, 3.63) is 130 Å². The van der Waals surface area contributed by atoms with Crippen molar-refractivity contribution in [2.24, 2.45) is 0 Å². The molecule has 6 rings (SSSR count). The highest BCUT2D eigenvalue weighted by atomic mass is 16.5. The zero-order valence-corrected chi connectivity index (χ0v) is 17.9. The lowest BCUT2D eigenvalue weighted by Gasteiger charge is -2.10. The fraction of sp³-hybridized carbons (Fsp3) is 0.0690. The third kappa shape index (κ3) is 3.21. The molecule has 5 heteroatoms. The van der Waals surface area contributed by atoms with Crippen molar-refractivity contribution in [3.63, 3.8) is 0 Å². The molecular formula is C29H18O5. The van der Waals surface area contributed by atoms with Crippen molar-refractivity contribution in [3.8, 4) is 11.5 Å². The summed E-state index contributed by atoms with van der Waals surface area (Å²) >= 11 is 0. The topological polar surface area (TPSA) is 69.7 Å². The van der Waals surface area contributed by atoms with Gasteiger partial charge in [0.2, 0.25) is 0 Å². The molecule has 2 heterocycles. The number of hydrogen-bond acceptors (Lipinski definition) is 5. The van der Waals surface area contributed by atoms with E-state index in [1.165, 1.54) is 0 Å². The van der Waals surface area contributed by atoms with Crippen LogP contribution in [0.5, 0.6) is 11.5 Å². The first kappa shape index (κ1) is 20.1. The Morgan fingerprint density at radius 1 is 0.559 bits per heavy atom. The number of ketones is 1. The average Bonchev–Trinajstić information content (AvgIpc) is 3.38. The molecular weight excluding hydrogens is 428 g/mol. The van der Waals surface area contributed by atoms with Gasteiger partial charge in [0.1, 0.15) is 23.3 Å². The number of hydrogen-bond donors (Lipinski definition) is 0. The molecule has 0 aromatic heterocycles. The molecule has 0 fully saturated rings. The van der Waals surface area contributed by atoms with E-state index < -0.39 is 11.8 Å². The first-order valence-corrected chi connectivity index (χ1v) is 11.0. The third-order valence-electron chi connectivity index (χ3n) is 6.32. The maximum Gasteiger partial charge on any atom is 0.323 e. The van der Waals surface area contributed by atoms with E-state index in [0.29, 0.717) is 33.8 Å². The van der Waals surface area contributed by atoms with Crippen LogP contribution in [0.25, 0.3) is 0 Å². The van der Waals surface area contributed by atoms with Gasteiger partial charge in [-0.25, -0.2) is 0 Å². The summed E-state index contributed by atoms with van der Waals surface area (Å²) < 4.78 is 10.9. The molecule has 2 unspecified atom stereocenters. The van der Waals surface area contributed by atoms with Crippen LogP contribution in [0.4, 0.5) is 0 Å². The van der Waals surface area contributed by atoms with Crippen LogP contribution < -0.4 is 9.47 Å². The maximum absolute atomic E-state index is 13.4. The summed E-state index contributed by atoms with van der Waals surface area (Å²) in [5.41, 5.74) is 3.86. The lowest BCUT2D eigenvalue weighted by atomic mass is 9.88. The van der Waals surface area contributed by atoms with E-state index in [0.717, 1.165) is 11.1 Å². The molecule has 164 valence electrons. The molecule has 0 spiro atoms.